The van der Waals surface area contributed by atoms with Crippen molar-refractivity contribution >= 4 is 5.69 Å². The van der Waals surface area contributed by atoms with Gasteiger partial charge in [-0.15, -0.1) is 0 Å². The molecule has 1 aliphatic rings. The molecule has 0 aliphatic heterocycles. The standard InChI is InChI=1S/C16H16N2O2/c1-19-16-9-11(10-17)5-6-14(16)18-13-3-2-4-15-12(13)7-8-20-15/h5-9,13,18H,2-4H2,1H3. The molecule has 2 aromatic rings. The molecule has 4 heteroatoms. The zero-order valence-corrected chi connectivity index (χ0v) is 11.3. The summed E-state index contributed by atoms with van der Waals surface area (Å²) >= 11 is 0. The molecule has 20 heavy (non-hydrogen) atoms. The van der Waals surface area contributed by atoms with Gasteiger partial charge in [0.1, 0.15) is 11.5 Å². The van der Waals surface area contributed by atoms with Gasteiger partial charge in [-0.3, -0.25) is 0 Å². The van der Waals surface area contributed by atoms with E-state index in [4.69, 9.17) is 14.4 Å². The van der Waals surface area contributed by atoms with Gasteiger partial charge in [-0.2, -0.15) is 5.26 Å². The maximum absolute atomic E-state index is 8.93. The molecule has 1 aromatic heterocycles. The lowest BCUT2D eigenvalue weighted by molar-refractivity contribution is 0.414. The van der Waals surface area contributed by atoms with E-state index in [0.717, 1.165) is 30.7 Å². The predicted molar refractivity (Wildman–Crippen MR) is 75.7 cm³/mol. The molecule has 1 heterocycles. The lowest BCUT2D eigenvalue weighted by Crippen LogP contribution is -2.16. The van der Waals surface area contributed by atoms with E-state index in [9.17, 15) is 0 Å². The van der Waals surface area contributed by atoms with Crippen molar-refractivity contribution in [3.05, 3.63) is 47.4 Å². The zero-order valence-electron chi connectivity index (χ0n) is 11.3. The highest BCUT2D eigenvalue weighted by molar-refractivity contribution is 5.60. The Bertz CT molecular complexity index is 655. The van der Waals surface area contributed by atoms with E-state index in [1.165, 1.54) is 5.56 Å². The van der Waals surface area contributed by atoms with Crippen molar-refractivity contribution < 1.29 is 9.15 Å². The van der Waals surface area contributed by atoms with Crippen molar-refractivity contribution in [3.8, 4) is 11.8 Å². The fourth-order valence-electron chi connectivity index (χ4n) is 2.70. The first-order chi connectivity index (χ1) is 9.81. The number of fused-ring (bicyclic) bond motifs is 1. The minimum Gasteiger partial charge on any atom is -0.495 e. The van der Waals surface area contributed by atoms with Crippen LogP contribution in [0.3, 0.4) is 0 Å². The van der Waals surface area contributed by atoms with Crippen LogP contribution in [0.15, 0.2) is 34.9 Å². The van der Waals surface area contributed by atoms with Gasteiger partial charge >= 0.3 is 0 Å². The van der Waals surface area contributed by atoms with Gasteiger partial charge < -0.3 is 14.5 Å². The summed E-state index contributed by atoms with van der Waals surface area (Å²) in [5.41, 5.74) is 2.73. The molecule has 0 bridgehead atoms. The number of methoxy groups -OCH3 is 1. The number of hydrogen-bond acceptors (Lipinski definition) is 4. The first kappa shape index (κ1) is 12.6. The summed E-state index contributed by atoms with van der Waals surface area (Å²) in [5.74, 6) is 1.76. The van der Waals surface area contributed by atoms with Crippen molar-refractivity contribution in [2.75, 3.05) is 12.4 Å². The lowest BCUT2D eigenvalue weighted by atomic mass is 9.93. The molecule has 4 nitrogen and oxygen atoms in total. The number of aryl methyl sites for hydroxylation is 1. The summed E-state index contributed by atoms with van der Waals surface area (Å²) in [6.07, 6.45) is 4.93. The molecule has 1 aliphatic carbocycles. The summed E-state index contributed by atoms with van der Waals surface area (Å²) in [5, 5.41) is 12.4. The zero-order chi connectivity index (χ0) is 13.9. The van der Waals surface area contributed by atoms with E-state index >= 15 is 0 Å². The van der Waals surface area contributed by atoms with Gasteiger partial charge in [-0.1, -0.05) is 0 Å². The molecule has 0 saturated carbocycles. The van der Waals surface area contributed by atoms with Crippen molar-refractivity contribution in [2.24, 2.45) is 0 Å². The van der Waals surface area contributed by atoms with Gasteiger partial charge in [0.15, 0.2) is 0 Å². The number of anilines is 1. The van der Waals surface area contributed by atoms with E-state index in [1.54, 1.807) is 25.5 Å². The predicted octanol–water partition coefficient (Wildman–Crippen LogP) is 3.65. The van der Waals surface area contributed by atoms with Crippen LogP contribution < -0.4 is 10.1 Å². The minimum absolute atomic E-state index is 0.235. The van der Waals surface area contributed by atoms with Crippen molar-refractivity contribution in [1.29, 1.82) is 5.26 Å². The fourth-order valence-corrected chi connectivity index (χ4v) is 2.70. The Morgan fingerprint density at radius 3 is 3.10 bits per heavy atom. The summed E-state index contributed by atoms with van der Waals surface area (Å²) in [4.78, 5) is 0. The Kier molecular flexibility index (Phi) is 3.34. The number of benzene rings is 1. The van der Waals surface area contributed by atoms with Crippen LogP contribution in [0.5, 0.6) is 5.75 Å². The quantitative estimate of drug-likeness (QED) is 0.923. The first-order valence-corrected chi connectivity index (χ1v) is 6.72. The molecular weight excluding hydrogens is 252 g/mol. The number of nitrogens with one attached hydrogen (secondary N) is 1. The van der Waals surface area contributed by atoms with Crippen LogP contribution in [0, 0.1) is 11.3 Å². The molecule has 0 amide bonds. The van der Waals surface area contributed by atoms with Crippen molar-refractivity contribution in [1.82, 2.24) is 0 Å². The number of ether oxygens (including phenoxy) is 1. The summed E-state index contributed by atoms with van der Waals surface area (Å²) in [7, 11) is 1.62. The fraction of sp³-hybridized carbons (Fsp3) is 0.312. The van der Waals surface area contributed by atoms with Crippen LogP contribution in [0.25, 0.3) is 0 Å². The number of furan rings is 1. The van der Waals surface area contributed by atoms with E-state index in [1.807, 2.05) is 12.1 Å². The smallest absolute Gasteiger partial charge is 0.143 e. The van der Waals surface area contributed by atoms with E-state index in [-0.39, 0.29) is 6.04 Å². The van der Waals surface area contributed by atoms with Crippen LogP contribution in [-0.2, 0) is 6.42 Å². The Morgan fingerprint density at radius 1 is 1.40 bits per heavy atom. The molecule has 0 radical (unpaired) electrons. The first-order valence-electron chi connectivity index (χ1n) is 6.72. The monoisotopic (exact) mass is 268 g/mol. The Balaban J connectivity index is 1.88. The van der Waals surface area contributed by atoms with E-state index in [2.05, 4.69) is 11.4 Å². The number of nitriles is 1. The van der Waals surface area contributed by atoms with Gasteiger partial charge in [0.05, 0.1) is 36.7 Å². The van der Waals surface area contributed by atoms with Crippen molar-refractivity contribution in [2.45, 2.75) is 25.3 Å². The molecule has 1 unspecified atom stereocenters. The molecule has 1 atom stereocenters. The molecule has 1 aromatic carbocycles. The third kappa shape index (κ3) is 2.23. The van der Waals surface area contributed by atoms with Gasteiger partial charge in [-0.05, 0) is 31.0 Å². The molecule has 0 spiro atoms. The third-order valence-electron chi connectivity index (χ3n) is 3.71. The summed E-state index contributed by atoms with van der Waals surface area (Å²) in [6, 6.07) is 9.83. The van der Waals surface area contributed by atoms with Gasteiger partial charge in [0.25, 0.3) is 0 Å². The molecule has 0 fully saturated rings. The second kappa shape index (κ2) is 5.30. The van der Waals surface area contributed by atoms with Crippen molar-refractivity contribution in [3.63, 3.8) is 0 Å². The Hall–Kier alpha value is -2.41. The largest absolute Gasteiger partial charge is 0.495 e. The van der Waals surface area contributed by atoms with Gasteiger partial charge in [0, 0.05) is 18.1 Å². The maximum atomic E-state index is 8.93. The van der Waals surface area contributed by atoms with E-state index < -0.39 is 0 Å². The van der Waals surface area contributed by atoms with Crippen LogP contribution in [0.1, 0.15) is 35.8 Å². The average Bonchev–Trinajstić information content (AvgIpc) is 2.97. The Morgan fingerprint density at radius 2 is 2.30 bits per heavy atom. The number of rotatable bonds is 3. The molecule has 3 rings (SSSR count). The summed E-state index contributed by atoms with van der Waals surface area (Å²) in [6.45, 7) is 0. The van der Waals surface area contributed by atoms with Crippen LogP contribution in [0.4, 0.5) is 5.69 Å². The number of hydrogen-bond donors (Lipinski definition) is 1. The highest BCUT2D eigenvalue weighted by Gasteiger charge is 2.23. The summed E-state index contributed by atoms with van der Waals surface area (Å²) < 4.78 is 10.9. The maximum Gasteiger partial charge on any atom is 0.143 e. The molecule has 1 N–H and O–H groups in total. The van der Waals surface area contributed by atoms with Gasteiger partial charge in [0.2, 0.25) is 0 Å². The third-order valence-corrected chi connectivity index (χ3v) is 3.71. The second-order valence-electron chi connectivity index (χ2n) is 4.92. The van der Waals surface area contributed by atoms with Crippen LogP contribution in [0.2, 0.25) is 0 Å². The minimum atomic E-state index is 0.235. The van der Waals surface area contributed by atoms with Crippen LogP contribution >= 0.6 is 0 Å². The SMILES string of the molecule is COc1cc(C#N)ccc1NC1CCCc2occc21. The highest BCUT2D eigenvalue weighted by atomic mass is 16.5. The molecular formula is C16H16N2O2. The Labute approximate surface area is 118 Å². The van der Waals surface area contributed by atoms with E-state index in [0.29, 0.717) is 11.3 Å². The molecule has 0 saturated heterocycles. The molecule has 102 valence electrons. The van der Waals surface area contributed by atoms with Crippen LogP contribution in [-0.4, -0.2) is 7.11 Å². The highest BCUT2D eigenvalue weighted by Crippen LogP contribution is 2.36. The average molecular weight is 268 g/mol. The van der Waals surface area contributed by atoms with Gasteiger partial charge in [-0.25, -0.2) is 0 Å². The lowest BCUT2D eigenvalue weighted by Gasteiger charge is -2.24. The number of nitrogens with zero attached hydrogens (tertiary/aromatic N) is 1. The normalized spacial score (nSPS) is 17.1. The second-order valence-corrected chi connectivity index (χ2v) is 4.92. The topological polar surface area (TPSA) is 58.2 Å².